The molecule has 2 aliphatic heterocycles. The lowest BCUT2D eigenvalue weighted by atomic mass is 9.81. The van der Waals surface area contributed by atoms with Gasteiger partial charge >= 0.3 is 0 Å². The summed E-state index contributed by atoms with van der Waals surface area (Å²) < 4.78 is 10.8. The number of likely N-dealkylation sites (tertiary alicyclic amines) is 1. The number of methoxy groups -OCH3 is 1. The van der Waals surface area contributed by atoms with Gasteiger partial charge < -0.3 is 24.4 Å². The van der Waals surface area contributed by atoms with Crippen molar-refractivity contribution in [1.82, 2.24) is 4.90 Å². The van der Waals surface area contributed by atoms with Crippen molar-refractivity contribution in [1.29, 1.82) is 0 Å². The number of anilines is 1. The third kappa shape index (κ3) is 3.61. The maximum atomic E-state index is 14.1. The highest BCUT2D eigenvalue weighted by Gasteiger charge is 2.66. The predicted molar refractivity (Wildman–Crippen MR) is 136 cm³/mol. The van der Waals surface area contributed by atoms with Crippen molar-refractivity contribution in [3.05, 3.63) is 90.0 Å². The topological polar surface area (TPSA) is 96.4 Å². The summed E-state index contributed by atoms with van der Waals surface area (Å²) in [5.41, 5.74) is -0.127. The number of fused-ring (bicyclic) bond motifs is 2. The van der Waals surface area contributed by atoms with Crippen LogP contribution in [0.15, 0.2) is 73.3 Å². The number of carbonyl (C=O) groups is 3. The van der Waals surface area contributed by atoms with E-state index in [1.54, 1.807) is 61.5 Å². The van der Waals surface area contributed by atoms with E-state index >= 15 is 0 Å². The van der Waals surface area contributed by atoms with Crippen LogP contribution in [0.3, 0.4) is 0 Å². The Morgan fingerprint density at radius 3 is 2.53 bits per heavy atom. The number of Topliss-reactive ketones (excluding diaryl/α,β-unsaturated/α-hetero) is 1. The van der Waals surface area contributed by atoms with Crippen LogP contribution < -0.4 is 9.64 Å². The number of nitrogens with zero attached hydrogens (tertiary/aromatic N) is 2. The van der Waals surface area contributed by atoms with Crippen molar-refractivity contribution in [3.8, 4) is 5.75 Å². The first-order chi connectivity index (χ1) is 17.3. The van der Waals surface area contributed by atoms with E-state index in [0.717, 1.165) is 0 Å². The van der Waals surface area contributed by atoms with E-state index in [-0.39, 0.29) is 30.8 Å². The smallest absolute Gasteiger partial charge is 0.296 e. The molecule has 1 saturated heterocycles. The molecule has 2 aromatic rings. The third-order valence-corrected chi connectivity index (χ3v) is 6.44. The zero-order chi connectivity index (χ0) is 26.0. The van der Waals surface area contributed by atoms with Gasteiger partial charge in [0.2, 0.25) is 0 Å². The molecular formula is C28H28N2O6. The predicted octanol–water partition coefficient (Wildman–Crippen LogP) is 3.31. The number of amides is 2. The molecular weight excluding hydrogens is 460 g/mol. The fourth-order valence-corrected chi connectivity index (χ4v) is 4.91. The normalized spacial score (nSPS) is 20.2. The Hall–Kier alpha value is -4.17. The molecule has 2 aromatic carbocycles. The van der Waals surface area contributed by atoms with Crippen LogP contribution in [0, 0.1) is 6.92 Å². The molecule has 0 aliphatic carbocycles. The molecule has 1 N–H and O–H groups in total. The molecule has 0 bridgehead atoms. The molecule has 4 rings (SSSR count). The van der Waals surface area contributed by atoms with Crippen LogP contribution in [0.1, 0.15) is 16.7 Å². The van der Waals surface area contributed by atoms with Crippen LogP contribution in [-0.2, 0) is 24.7 Å². The van der Waals surface area contributed by atoms with Gasteiger partial charge in [-0.05, 0) is 36.8 Å². The van der Waals surface area contributed by atoms with Crippen molar-refractivity contribution in [2.75, 3.05) is 38.3 Å². The highest BCUT2D eigenvalue weighted by atomic mass is 16.5. The lowest BCUT2D eigenvalue weighted by Gasteiger charge is -2.34. The Labute approximate surface area is 209 Å². The Morgan fingerprint density at radius 1 is 1.11 bits per heavy atom. The van der Waals surface area contributed by atoms with Crippen molar-refractivity contribution < 1.29 is 29.0 Å². The number of ketones is 1. The van der Waals surface area contributed by atoms with Crippen molar-refractivity contribution in [2.45, 2.75) is 12.5 Å². The third-order valence-electron chi connectivity index (χ3n) is 6.44. The summed E-state index contributed by atoms with van der Waals surface area (Å²) in [6, 6.07) is 11.9. The SMILES string of the molecule is C=CCOc1ccc(/C(O)=C2/C(=O)C(=O)N(CCOC)C23C(=O)N(CC=C)c2ccccc23)cc1C. The molecule has 2 aliphatic rings. The highest BCUT2D eigenvalue weighted by Crippen LogP contribution is 2.53. The van der Waals surface area contributed by atoms with Gasteiger partial charge in [-0.1, -0.05) is 36.9 Å². The van der Waals surface area contributed by atoms with Gasteiger partial charge in [0.15, 0.2) is 5.54 Å². The molecule has 8 heteroatoms. The molecule has 0 radical (unpaired) electrons. The van der Waals surface area contributed by atoms with Gasteiger partial charge in [0.05, 0.1) is 17.9 Å². The number of benzene rings is 2. The monoisotopic (exact) mass is 488 g/mol. The molecule has 0 aromatic heterocycles. The number of aryl methyl sites for hydroxylation is 1. The van der Waals surface area contributed by atoms with Crippen molar-refractivity contribution in [2.24, 2.45) is 0 Å². The van der Waals surface area contributed by atoms with Crippen LogP contribution in [-0.4, -0.2) is 61.0 Å². The molecule has 1 spiro atoms. The summed E-state index contributed by atoms with van der Waals surface area (Å²) in [7, 11) is 1.47. The summed E-state index contributed by atoms with van der Waals surface area (Å²) in [6.07, 6.45) is 3.19. The van der Waals surface area contributed by atoms with E-state index in [9.17, 15) is 19.5 Å². The molecule has 8 nitrogen and oxygen atoms in total. The van der Waals surface area contributed by atoms with Crippen LogP contribution in [0.4, 0.5) is 5.69 Å². The van der Waals surface area contributed by atoms with Crippen LogP contribution in [0.2, 0.25) is 0 Å². The zero-order valence-corrected chi connectivity index (χ0v) is 20.3. The van der Waals surface area contributed by atoms with Gasteiger partial charge in [0, 0.05) is 31.3 Å². The van der Waals surface area contributed by atoms with Gasteiger partial charge in [-0.2, -0.15) is 0 Å². The fraction of sp³-hybridized carbons (Fsp3) is 0.250. The second kappa shape index (κ2) is 9.83. The summed E-state index contributed by atoms with van der Waals surface area (Å²) in [6.45, 7) is 9.73. The zero-order valence-electron chi connectivity index (χ0n) is 20.3. The average molecular weight is 489 g/mol. The number of aliphatic hydroxyl groups is 1. The number of ether oxygens (including phenoxy) is 2. The first-order valence-electron chi connectivity index (χ1n) is 11.5. The molecule has 186 valence electrons. The fourth-order valence-electron chi connectivity index (χ4n) is 4.91. The maximum Gasteiger partial charge on any atom is 0.296 e. The average Bonchev–Trinajstić information content (AvgIpc) is 3.25. The number of hydrogen-bond donors (Lipinski definition) is 1. The first kappa shape index (κ1) is 24.9. The van der Waals surface area contributed by atoms with Crippen molar-refractivity contribution >= 4 is 29.0 Å². The summed E-state index contributed by atoms with van der Waals surface area (Å²) >= 11 is 0. The first-order valence-corrected chi connectivity index (χ1v) is 11.5. The maximum absolute atomic E-state index is 14.1. The van der Waals surface area contributed by atoms with Crippen molar-refractivity contribution in [3.63, 3.8) is 0 Å². The Bertz CT molecular complexity index is 1300. The van der Waals surface area contributed by atoms with E-state index in [2.05, 4.69) is 13.2 Å². The minimum atomic E-state index is -1.83. The summed E-state index contributed by atoms with van der Waals surface area (Å²) in [5, 5.41) is 11.5. The number of carbonyl (C=O) groups excluding carboxylic acids is 3. The minimum Gasteiger partial charge on any atom is -0.507 e. The van der Waals surface area contributed by atoms with Crippen LogP contribution in [0.25, 0.3) is 5.76 Å². The van der Waals surface area contributed by atoms with Crippen LogP contribution >= 0.6 is 0 Å². The lowest BCUT2D eigenvalue weighted by Crippen LogP contribution is -2.52. The van der Waals surface area contributed by atoms with E-state index in [4.69, 9.17) is 9.47 Å². The molecule has 36 heavy (non-hydrogen) atoms. The molecule has 1 atom stereocenters. The Balaban J connectivity index is 1.99. The number of aliphatic hydroxyl groups excluding tert-OH is 1. The standard InChI is InChI=1S/C28H28N2O6/c1-5-13-29-21-10-8-7-9-20(21)28(27(29)34)23(25(32)26(33)30(28)14-16-35-4)24(31)19-11-12-22(18(3)17-19)36-15-6-2/h5-12,17,31H,1-2,13-16H2,3-4H3/b24-23+. The minimum absolute atomic E-state index is 0.0206. The van der Waals surface area contributed by atoms with E-state index in [1.165, 1.54) is 16.9 Å². The number of para-hydroxylation sites is 1. The second-order valence-electron chi connectivity index (χ2n) is 8.51. The molecule has 2 amide bonds. The largest absolute Gasteiger partial charge is 0.507 e. The number of rotatable bonds is 9. The van der Waals surface area contributed by atoms with Gasteiger partial charge in [0.25, 0.3) is 17.6 Å². The molecule has 0 saturated carbocycles. The molecule has 1 unspecified atom stereocenters. The molecule has 2 heterocycles. The van der Waals surface area contributed by atoms with E-state index < -0.39 is 28.9 Å². The quantitative estimate of drug-likeness (QED) is 0.252. The Kier molecular flexibility index (Phi) is 6.81. The van der Waals surface area contributed by atoms with Gasteiger partial charge in [-0.3, -0.25) is 14.4 Å². The van der Waals surface area contributed by atoms with Gasteiger partial charge in [-0.15, -0.1) is 6.58 Å². The lowest BCUT2D eigenvalue weighted by molar-refractivity contribution is -0.144. The van der Waals surface area contributed by atoms with Crippen LogP contribution in [0.5, 0.6) is 5.75 Å². The second-order valence-corrected chi connectivity index (χ2v) is 8.51. The number of hydrogen-bond acceptors (Lipinski definition) is 6. The molecule has 1 fully saturated rings. The highest BCUT2D eigenvalue weighted by molar-refractivity contribution is 6.50. The van der Waals surface area contributed by atoms with Gasteiger partial charge in [-0.25, -0.2) is 0 Å². The summed E-state index contributed by atoms with van der Waals surface area (Å²) in [4.78, 5) is 43.6. The van der Waals surface area contributed by atoms with E-state index in [0.29, 0.717) is 29.2 Å². The van der Waals surface area contributed by atoms with Gasteiger partial charge in [0.1, 0.15) is 18.1 Å². The summed E-state index contributed by atoms with van der Waals surface area (Å²) in [5.74, 6) is -2.17. The Morgan fingerprint density at radius 2 is 1.86 bits per heavy atom. The van der Waals surface area contributed by atoms with E-state index in [1.807, 2.05) is 0 Å².